The second-order valence-corrected chi connectivity index (χ2v) is 7.95. The summed E-state index contributed by atoms with van der Waals surface area (Å²) in [6.07, 6.45) is -2.04. The van der Waals surface area contributed by atoms with Crippen LogP contribution in [0.25, 0.3) is 10.9 Å². The number of carboxylic acid groups (broad SMARTS) is 2. The second kappa shape index (κ2) is 13.6. The molecule has 0 aliphatic carbocycles. The van der Waals surface area contributed by atoms with Gasteiger partial charge in [0.2, 0.25) is 5.95 Å². The molecule has 38 heavy (non-hydrogen) atoms. The number of piperazine rings is 1. The molecule has 208 valence electrons. The maximum Gasteiger partial charge on any atom is 0.490 e. The normalized spacial score (nSPS) is 14.2. The SMILES string of the molecule is O=C(O)C(F)(F)F.O=C(O)C(F)(F)F.c1cnc(N2CCN(CCCc3c[nH]c4ccccc34)CC2)nc1. The molecule has 2 aromatic heterocycles. The minimum absolute atomic E-state index is 0.857. The van der Waals surface area contributed by atoms with Gasteiger partial charge in [-0.25, -0.2) is 19.6 Å². The molecule has 0 radical (unpaired) electrons. The molecular formula is C23H25F6N5O4. The Bertz CT molecular complexity index is 1140. The number of aliphatic carboxylic acids is 2. The molecule has 9 nitrogen and oxygen atoms in total. The number of aromatic nitrogens is 3. The Labute approximate surface area is 212 Å². The number of aryl methyl sites for hydroxylation is 1. The molecule has 1 fully saturated rings. The smallest absolute Gasteiger partial charge is 0.475 e. The van der Waals surface area contributed by atoms with Crippen molar-refractivity contribution in [1.29, 1.82) is 0 Å². The zero-order valence-electron chi connectivity index (χ0n) is 19.8. The first-order valence-corrected chi connectivity index (χ1v) is 11.2. The highest BCUT2D eigenvalue weighted by Crippen LogP contribution is 2.19. The summed E-state index contributed by atoms with van der Waals surface area (Å²) in [6, 6.07) is 10.4. The maximum atomic E-state index is 10.6. The van der Waals surface area contributed by atoms with Crippen molar-refractivity contribution in [2.75, 3.05) is 37.6 Å². The molecule has 0 atom stereocenters. The number of aromatic amines is 1. The van der Waals surface area contributed by atoms with Gasteiger partial charge in [-0.05, 0) is 37.1 Å². The number of H-pyrrole nitrogens is 1. The van der Waals surface area contributed by atoms with Crippen LogP contribution < -0.4 is 4.90 Å². The van der Waals surface area contributed by atoms with Crippen LogP contribution in [-0.2, 0) is 16.0 Å². The van der Waals surface area contributed by atoms with E-state index in [0.717, 1.165) is 45.1 Å². The van der Waals surface area contributed by atoms with Gasteiger partial charge in [0.15, 0.2) is 0 Å². The molecule has 3 aromatic rings. The number of carbonyl (C=O) groups is 2. The van der Waals surface area contributed by atoms with Crippen molar-refractivity contribution in [2.24, 2.45) is 0 Å². The van der Waals surface area contributed by atoms with E-state index < -0.39 is 24.3 Å². The number of alkyl halides is 6. The molecule has 0 spiro atoms. The van der Waals surface area contributed by atoms with Crippen LogP contribution in [0.4, 0.5) is 32.3 Å². The van der Waals surface area contributed by atoms with Crippen LogP contribution in [0.3, 0.4) is 0 Å². The molecule has 1 saturated heterocycles. The average molecular weight is 549 g/mol. The number of halogens is 6. The van der Waals surface area contributed by atoms with E-state index >= 15 is 0 Å². The predicted octanol–water partition coefficient (Wildman–Crippen LogP) is 3.98. The largest absolute Gasteiger partial charge is 0.490 e. The number of anilines is 1. The topological polar surface area (TPSA) is 123 Å². The van der Waals surface area contributed by atoms with E-state index in [0.29, 0.717) is 0 Å². The van der Waals surface area contributed by atoms with Gasteiger partial charge in [-0.15, -0.1) is 0 Å². The molecule has 15 heteroatoms. The lowest BCUT2D eigenvalue weighted by atomic mass is 10.1. The predicted molar refractivity (Wildman–Crippen MR) is 125 cm³/mol. The number of benzene rings is 1. The van der Waals surface area contributed by atoms with Crippen LogP contribution in [0.5, 0.6) is 0 Å². The molecule has 0 saturated carbocycles. The van der Waals surface area contributed by atoms with Crippen molar-refractivity contribution >= 4 is 28.8 Å². The summed E-state index contributed by atoms with van der Waals surface area (Å²) in [7, 11) is 0. The Balaban J connectivity index is 0.000000301. The van der Waals surface area contributed by atoms with Crippen LogP contribution in [0.15, 0.2) is 48.9 Å². The number of rotatable bonds is 5. The Hall–Kier alpha value is -3.88. The van der Waals surface area contributed by atoms with Crippen molar-refractivity contribution < 1.29 is 46.1 Å². The van der Waals surface area contributed by atoms with Crippen molar-refractivity contribution in [3.05, 3.63) is 54.5 Å². The van der Waals surface area contributed by atoms with Gasteiger partial charge in [0, 0.05) is 55.7 Å². The van der Waals surface area contributed by atoms with E-state index in [1.165, 1.54) is 22.9 Å². The summed E-state index contributed by atoms with van der Waals surface area (Å²) in [5, 5.41) is 15.6. The third-order valence-electron chi connectivity index (χ3n) is 5.29. The molecule has 1 aliphatic rings. The van der Waals surface area contributed by atoms with Gasteiger partial charge in [0.1, 0.15) is 0 Å². The molecule has 0 unspecified atom stereocenters. The average Bonchev–Trinajstić information content (AvgIpc) is 3.28. The molecule has 0 bridgehead atoms. The first-order chi connectivity index (χ1) is 17.8. The van der Waals surface area contributed by atoms with Crippen molar-refractivity contribution in [1.82, 2.24) is 19.9 Å². The van der Waals surface area contributed by atoms with E-state index in [4.69, 9.17) is 19.8 Å². The number of nitrogens with one attached hydrogen (secondary N) is 1. The molecule has 3 heterocycles. The summed E-state index contributed by atoms with van der Waals surface area (Å²) in [6.45, 7) is 5.36. The molecule has 4 rings (SSSR count). The van der Waals surface area contributed by atoms with Crippen LogP contribution >= 0.6 is 0 Å². The van der Waals surface area contributed by atoms with Gasteiger partial charge in [0.25, 0.3) is 0 Å². The molecule has 1 aromatic carbocycles. The summed E-state index contributed by atoms with van der Waals surface area (Å²) in [4.78, 5) is 34.7. The molecule has 1 aliphatic heterocycles. The Morgan fingerprint density at radius 2 is 1.39 bits per heavy atom. The van der Waals surface area contributed by atoms with Crippen LogP contribution in [0.1, 0.15) is 12.0 Å². The van der Waals surface area contributed by atoms with Gasteiger partial charge in [0.05, 0.1) is 0 Å². The molecule has 0 amide bonds. The number of nitrogens with zero attached hydrogens (tertiary/aromatic N) is 4. The minimum Gasteiger partial charge on any atom is -0.475 e. The number of fused-ring (bicyclic) bond motifs is 1. The van der Waals surface area contributed by atoms with Crippen molar-refractivity contribution in [3.8, 4) is 0 Å². The van der Waals surface area contributed by atoms with Crippen LogP contribution in [-0.4, -0.2) is 87.1 Å². The van der Waals surface area contributed by atoms with Gasteiger partial charge in [-0.2, -0.15) is 26.3 Å². The van der Waals surface area contributed by atoms with Crippen LogP contribution in [0, 0.1) is 0 Å². The standard InChI is InChI=1S/C19H23N5.2C2HF3O2/c1-2-7-18-17(6-1)16(15-22-18)5-3-10-23-11-13-24(14-12-23)19-20-8-4-9-21-19;2*3-2(4,5)1(6)7/h1-2,4,6-9,15,22H,3,5,10-14H2;2*(H,6,7). The van der Waals surface area contributed by atoms with E-state index in [2.05, 4.69) is 55.2 Å². The highest BCUT2D eigenvalue weighted by atomic mass is 19.4. The molecule has 3 N–H and O–H groups in total. The van der Waals surface area contributed by atoms with Crippen molar-refractivity contribution in [3.63, 3.8) is 0 Å². The van der Waals surface area contributed by atoms with Crippen molar-refractivity contribution in [2.45, 2.75) is 25.2 Å². The highest BCUT2D eigenvalue weighted by Gasteiger charge is 2.38. The Kier molecular flexibility index (Phi) is 10.9. The third-order valence-corrected chi connectivity index (χ3v) is 5.29. The van der Waals surface area contributed by atoms with Crippen LogP contribution in [0.2, 0.25) is 0 Å². The number of carboxylic acids is 2. The van der Waals surface area contributed by atoms with Gasteiger partial charge in [-0.3, -0.25) is 4.90 Å². The Morgan fingerprint density at radius 3 is 1.92 bits per heavy atom. The number of hydrogen-bond acceptors (Lipinski definition) is 6. The summed E-state index contributed by atoms with van der Waals surface area (Å²) >= 11 is 0. The monoisotopic (exact) mass is 549 g/mol. The second-order valence-electron chi connectivity index (χ2n) is 7.95. The van der Waals surface area contributed by atoms with E-state index in [-0.39, 0.29) is 0 Å². The van der Waals surface area contributed by atoms with E-state index in [1.54, 1.807) is 0 Å². The highest BCUT2D eigenvalue weighted by molar-refractivity contribution is 5.83. The zero-order valence-corrected chi connectivity index (χ0v) is 19.8. The quantitative estimate of drug-likeness (QED) is 0.409. The first-order valence-electron chi connectivity index (χ1n) is 11.2. The van der Waals surface area contributed by atoms with E-state index in [1.807, 2.05) is 18.5 Å². The maximum absolute atomic E-state index is 10.6. The fourth-order valence-electron chi connectivity index (χ4n) is 3.46. The van der Waals surface area contributed by atoms with Gasteiger partial charge in [-0.1, -0.05) is 18.2 Å². The third kappa shape index (κ3) is 9.88. The first kappa shape index (κ1) is 30.3. The zero-order chi connectivity index (χ0) is 28.3. The van der Waals surface area contributed by atoms with Gasteiger partial charge < -0.3 is 20.1 Å². The van der Waals surface area contributed by atoms with E-state index in [9.17, 15) is 26.3 Å². The summed E-state index contributed by atoms with van der Waals surface area (Å²) in [5.41, 5.74) is 2.67. The number of hydrogen-bond donors (Lipinski definition) is 3. The lowest BCUT2D eigenvalue weighted by Gasteiger charge is -2.34. The minimum atomic E-state index is -5.08. The summed E-state index contributed by atoms with van der Waals surface area (Å²) in [5.74, 6) is -4.66. The fraction of sp³-hybridized carbons (Fsp3) is 0.391. The van der Waals surface area contributed by atoms with Gasteiger partial charge >= 0.3 is 24.3 Å². The molecular weight excluding hydrogens is 524 g/mol. The number of para-hydroxylation sites is 1. The summed E-state index contributed by atoms with van der Waals surface area (Å²) < 4.78 is 63.5. The lowest BCUT2D eigenvalue weighted by molar-refractivity contribution is -0.193. The Morgan fingerprint density at radius 1 is 0.868 bits per heavy atom. The fourth-order valence-corrected chi connectivity index (χ4v) is 3.46. The lowest BCUT2D eigenvalue weighted by Crippen LogP contribution is -2.47.